The van der Waals surface area contributed by atoms with Crippen LogP contribution in [-0.4, -0.2) is 13.4 Å². The van der Waals surface area contributed by atoms with Crippen molar-refractivity contribution in [2.75, 3.05) is 5.73 Å². The van der Waals surface area contributed by atoms with Gasteiger partial charge in [-0.2, -0.15) is 0 Å². The molecule has 7 heteroatoms. The Hall–Kier alpha value is -1.63. The van der Waals surface area contributed by atoms with Crippen molar-refractivity contribution >= 4 is 27.3 Å². The van der Waals surface area contributed by atoms with E-state index in [9.17, 15) is 8.42 Å². The van der Waals surface area contributed by atoms with Crippen LogP contribution in [0.1, 0.15) is 11.3 Å². The molecule has 1 aromatic carbocycles. The van der Waals surface area contributed by atoms with Gasteiger partial charge in [-0.25, -0.2) is 13.1 Å². The van der Waals surface area contributed by atoms with E-state index in [0.717, 1.165) is 5.56 Å². The van der Waals surface area contributed by atoms with Crippen molar-refractivity contribution in [3.8, 4) is 0 Å². The van der Waals surface area contributed by atoms with Crippen LogP contribution in [0.25, 0.3) is 0 Å². The molecule has 0 bridgehead atoms. The first-order chi connectivity index (χ1) is 9.40. The lowest BCUT2D eigenvalue weighted by Crippen LogP contribution is -2.25. The Kier molecular flexibility index (Phi) is 4.27. The zero-order chi connectivity index (χ0) is 14.8. The molecule has 106 valence electrons. The molecule has 0 unspecified atom stereocenters. The second kappa shape index (κ2) is 5.78. The number of anilines is 1. The molecule has 5 nitrogen and oxygen atoms in total. The number of hydrogen-bond donors (Lipinski definition) is 2. The molecule has 0 spiro atoms. The van der Waals surface area contributed by atoms with E-state index in [1.807, 2.05) is 13.0 Å². The maximum absolute atomic E-state index is 12.2. The Morgan fingerprint density at radius 1 is 1.35 bits per heavy atom. The Morgan fingerprint density at radius 2 is 2.10 bits per heavy atom. The third kappa shape index (κ3) is 3.27. The topological polar surface area (TPSA) is 85.1 Å². The van der Waals surface area contributed by atoms with Gasteiger partial charge in [0.05, 0.1) is 17.9 Å². The van der Waals surface area contributed by atoms with E-state index >= 15 is 0 Å². The maximum atomic E-state index is 12.2. The van der Waals surface area contributed by atoms with Crippen molar-refractivity contribution in [3.05, 3.63) is 52.8 Å². The van der Waals surface area contributed by atoms with Gasteiger partial charge in [0.2, 0.25) is 10.0 Å². The lowest BCUT2D eigenvalue weighted by atomic mass is 10.2. The Morgan fingerprint density at radius 3 is 2.75 bits per heavy atom. The number of aryl methyl sites for hydroxylation is 1. The van der Waals surface area contributed by atoms with Gasteiger partial charge in [-0.1, -0.05) is 17.7 Å². The quantitative estimate of drug-likeness (QED) is 0.847. The lowest BCUT2D eigenvalue weighted by molar-refractivity contribution is 0.580. The molecule has 0 aliphatic carbocycles. The van der Waals surface area contributed by atoms with Gasteiger partial charge >= 0.3 is 0 Å². The predicted molar refractivity (Wildman–Crippen MR) is 78.9 cm³/mol. The fourth-order valence-electron chi connectivity index (χ4n) is 1.71. The first-order valence-corrected chi connectivity index (χ1v) is 7.71. The highest BCUT2D eigenvalue weighted by Gasteiger charge is 2.17. The molecule has 0 radical (unpaired) electrons. The number of pyridine rings is 1. The normalized spacial score (nSPS) is 11.5. The number of nitrogens with one attached hydrogen (secondary N) is 1. The summed E-state index contributed by atoms with van der Waals surface area (Å²) in [6.45, 7) is 1.98. The van der Waals surface area contributed by atoms with Crippen molar-refractivity contribution in [1.82, 2.24) is 9.71 Å². The number of halogens is 1. The molecule has 2 rings (SSSR count). The predicted octanol–water partition coefficient (Wildman–Crippen LogP) is 2.10. The third-order valence-corrected chi connectivity index (χ3v) is 4.52. The van der Waals surface area contributed by atoms with Crippen LogP contribution in [0, 0.1) is 6.92 Å². The number of nitrogens with two attached hydrogens (primary N) is 1. The van der Waals surface area contributed by atoms with Crippen LogP contribution < -0.4 is 10.5 Å². The SMILES string of the molecule is Cc1cccnc1CNS(=O)(=O)c1ccc(Cl)cc1N. The zero-order valence-electron chi connectivity index (χ0n) is 10.8. The molecule has 1 heterocycles. The third-order valence-electron chi connectivity index (χ3n) is 2.81. The summed E-state index contributed by atoms with van der Waals surface area (Å²) < 4.78 is 26.9. The number of aromatic nitrogens is 1. The molecule has 1 aromatic heterocycles. The molecule has 2 aromatic rings. The molecule has 0 aliphatic rings. The highest BCUT2D eigenvalue weighted by molar-refractivity contribution is 7.89. The second-order valence-corrected chi connectivity index (χ2v) is 6.45. The molecule has 0 fully saturated rings. The molecule has 0 saturated carbocycles. The van der Waals surface area contributed by atoms with E-state index in [-0.39, 0.29) is 17.1 Å². The van der Waals surface area contributed by atoms with Crippen LogP contribution in [-0.2, 0) is 16.6 Å². The van der Waals surface area contributed by atoms with Crippen molar-refractivity contribution < 1.29 is 8.42 Å². The summed E-state index contributed by atoms with van der Waals surface area (Å²) in [6, 6.07) is 7.93. The Labute approximate surface area is 122 Å². The summed E-state index contributed by atoms with van der Waals surface area (Å²) in [5, 5.41) is 0.391. The Balaban J connectivity index is 2.22. The van der Waals surface area contributed by atoms with Gasteiger partial charge in [0, 0.05) is 11.2 Å². The smallest absolute Gasteiger partial charge is 0.242 e. The minimum Gasteiger partial charge on any atom is -0.398 e. The number of rotatable bonds is 4. The second-order valence-electron chi connectivity index (χ2n) is 4.27. The average molecular weight is 312 g/mol. The van der Waals surface area contributed by atoms with E-state index in [2.05, 4.69) is 9.71 Å². The van der Waals surface area contributed by atoms with Crippen LogP contribution in [0.15, 0.2) is 41.4 Å². The van der Waals surface area contributed by atoms with E-state index in [4.69, 9.17) is 17.3 Å². The minimum atomic E-state index is -3.70. The van der Waals surface area contributed by atoms with Crippen LogP contribution in [0.3, 0.4) is 0 Å². The van der Waals surface area contributed by atoms with Crippen molar-refractivity contribution in [2.24, 2.45) is 0 Å². The largest absolute Gasteiger partial charge is 0.398 e. The highest BCUT2D eigenvalue weighted by Crippen LogP contribution is 2.22. The number of hydrogen-bond acceptors (Lipinski definition) is 4. The van der Waals surface area contributed by atoms with Crippen molar-refractivity contribution in [3.63, 3.8) is 0 Å². The molecule has 20 heavy (non-hydrogen) atoms. The fraction of sp³-hybridized carbons (Fsp3) is 0.154. The summed E-state index contributed by atoms with van der Waals surface area (Å²) in [6.07, 6.45) is 1.62. The molecule has 0 saturated heterocycles. The maximum Gasteiger partial charge on any atom is 0.242 e. The molecule has 3 N–H and O–H groups in total. The van der Waals surface area contributed by atoms with E-state index in [0.29, 0.717) is 10.7 Å². The fourth-order valence-corrected chi connectivity index (χ4v) is 2.99. The Bertz CT molecular complexity index is 732. The first-order valence-electron chi connectivity index (χ1n) is 5.85. The van der Waals surface area contributed by atoms with E-state index < -0.39 is 10.0 Å². The molecular formula is C13H14ClN3O2S. The van der Waals surface area contributed by atoms with Crippen LogP contribution in [0.4, 0.5) is 5.69 Å². The molecule has 0 aliphatic heterocycles. The number of sulfonamides is 1. The van der Waals surface area contributed by atoms with Gasteiger partial charge < -0.3 is 5.73 Å². The lowest BCUT2D eigenvalue weighted by Gasteiger charge is -2.10. The summed E-state index contributed by atoms with van der Waals surface area (Å²) >= 11 is 5.76. The van der Waals surface area contributed by atoms with Crippen LogP contribution in [0.5, 0.6) is 0 Å². The van der Waals surface area contributed by atoms with Gasteiger partial charge in [-0.3, -0.25) is 4.98 Å². The van der Waals surface area contributed by atoms with Gasteiger partial charge in [-0.05, 0) is 36.8 Å². The van der Waals surface area contributed by atoms with Crippen LogP contribution in [0.2, 0.25) is 5.02 Å². The van der Waals surface area contributed by atoms with Gasteiger partial charge in [0.25, 0.3) is 0 Å². The average Bonchev–Trinajstić information content (AvgIpc) is 2.37. The first kappa shape index (κ1) is 14.8. The summed E-state index contributed by atoms with van der Waals surface area (Å²) in [5.41, 5.74) is 7.39. The minimum absolute atomic E-state index is 0.00971. The van der Waals surface area contributed by atoms with Gasteiger partial charge in [-0.15, -0.1) is 0 Å². The van der Waals surface area contributed by atoms with Crippen LogP contribution >= 0.6 is 11.6 Å². The molecule has 0 amide bonds. The number of benzene rings is 1. The van der Waals surface area contributed by atoms with E-state index in [1.165, 1.54) is 18.2 Å². The highest BCUT2D eigenvalue weighted by atomic mass is 35.5. The monoisotopic (exact) mass is 311 g/mol. The van der Waals surface area contributed by atoms with Gasteiger partial charge in [0.15, 0.2) is 0 Å². The van der Waals surface area contributed by atoms with Crippen molar-refractivity contribution in [2.45, 2.75) is 18.4 Å². The van der Waals surface area contributed by atoms with Gasteiger partial charge in [0.1, 0.15) is 4.90 Å². The zero-order valence-corrected chi connectivity index (χ0v) is 12.4. The standard InChI is InChI=1S/C13H14ClN3O2S/c1-9-3-2-6-16-12(9)8-17-20(18,19)13-5-4-10(14)7-11(13)15/h2-7,17H,8,15H2,1H3. The molecular weight excluding hydrogens is 298 g/mol. The summed E-state index contributed by atoms with van der Waals surface area (Å²) in [4.78, 5) is 4.14. The number of nitrogens with zero attached hydrogens (tertiary/aromatic N) is 1. The summed E-state index contributed by atoms with van der Waals surface area (Å²) in [7, 11) is -3.70. The summed E-state index contributed by atoms with van der Waals surface area (Å²) in [5.74, 6) is 0. The van der Waals surface area contributed by atoms with Crippen molar-refractivity contribution in [1.29, 1.82) is 0 Å². The van der Waals surface area contributed by atoms with E-state index in [1.54, 1.807) is 12.3 Å². The number of nitrogen functional groups attached to an aromatic ring is 1. The molecule has 0 atom stereocenters.